The number of H-pyrrole nitrogens is 1. The largest absolute Gasteiger partial charge is 0.506 e. The first-order valence-electron chi connectivity index (χ1n) is 20.7. The molecule has 7 rings (SSSR count). The van der Waals surface area contributed by atoms with E-state index in [0.717, 1.165) is 62.1 Å². The van der Waals surface area contributed by atoms with Gasteiger partial charge in [0.15, 0.2) is 0 Å². The molecule has 2 heterocycles. The lowest BCUT2D eigenvalue weighted by Crippen LogP contribution is -2.35. The molecular weight excluding hydrogens is 747 g/mol. The molecule has 0 spiro atoms. The Hall–Kier alpha value is -5.53. The number of aromatic nitrogens is 1. The van der Waals surface area contributed by atoms with Crippen molar-refractivity contribution in [1.82, 2.24) is 20.1 Å². The number of aliphatic hydroxyl groups is 1. The number of pyridine rings is 1. The van der Waals surface area contributed by atoms with Crippen molar-refractivity contribution >= 4 is 28.6 Å². The number of aromatic hydroxyl groups is 1. The number of carbonyl (C=O) groups is 2. The van der Waals surface area contributed by atoms with Gasteiger partial charge in [0.25, 0.3) is 0 Å². The highest BCUT2D eigenvalue weighted by Gasteiger charge is 2.42. The van der Waals surface area contributed by atoms with Crippen LogP contribution in [-0.2, 0) is 27.1 Å². The van der Waals surface area contributed by atoms with Crippen molar-refractivity contribution < 1.29 is 29.3 Å². The number of para-hydroxylation sites is 1. The Kier molecular flexibility index (Phi) is 14.1. The number of nitrogens with zero attached hydrogens (tertiary/aromatic N) is 2. The molecule has 59 heavy (non-hydrogen) atoms. The van der Waals surface area contributed by atoms with E-state index in [9.17, 15) is 24.6 Å². The van der Waals surface area contributed by atoms with Crippen molar-refractivity contribution in [2.75, 3.05) is 64.8 Å². The Morgan fingerprint density at radius 2 is 1.59 bits per heavy atom. The molecule has 2 fully saturated rings. The van der Waals surface area contributed by atoms with Crippen molar-refractivity contribution in [3.8, 4) is 16.9 Å². The molecule has 0 bridgehead atoms. The summed E-state index contributed by atoms with van der Waals surface area (Å²) in [5.74, 6) is 1.05. The Labute approximate surface area is 345 Å². The molecule has 1 saturated heterocycles. The summed E-state index contributed by atoms with van der Waals surface area (Å²) in [6.45, 7) is 5.21. The van der Waals surface area contributed by atoms with Gasteiger partial charge in [-0.25, -0.2) is 4.79 Å². The van der Waals surface area contributed by atoms with E-state index in [1.54, 1.807) is 24.1 Å². The highest BCUT2D eigenvalue weighted by molar-refractivity contribution is 5.91. The number of fused-ring (bicyclic) bond motifs is 2. The molecule has 5 aromatic rings. The van der Waals surface area contributed by atoms with Crippen LogP contribution < -0.4 is 16.2 Å². The van der Waals surface area contributed by atoms with Crippen LogP contribution in [-0.4, -0.2) is 103 Å². The third-order valence-corrected chi connectivity index (χ3v) is 11.7. The quantitative estimate of drug-likeness (QED) is 0.0658. The number of hydrogen-bond acceptors (Lipinski definition) is 9. The van der Waals surface area contributed by atoms with E-state index in [-0.39, 0.29) is 36.0 Å². The van der Waals surface area contributed by atoms with Gasteiger partial charge in [-0.1, -0.05) is 78.9 Å². The van der Waals surface area contributed by atoms with Crippen molar-refractivity contribution in [2.45, 2.75) is 44.3 Å². The second-order valence-electron chi connectivity index (χ2n) is 15.8. The first-order chi connectivity index (χ1) is 28.7. The molecule has 4 atom stereocenters. The highest BCUT2D eigenvalue weighted by atomic mass is 16.6. The number of amides is 2. The monoisotopic (exact) mass is 801 g/mol. The van der Waals surface area contributed by atoms with Gasteiger partial charge in [-0.15, -0.1) is 0 Å². The van der Waals surface area contributed by atoms with Crippen LogP contribution in [0.4, 0.5) is 10.5 Å². The summed E-state index contributed by atoms with van der Waals surface area (Å²) in [7, 11) is 1.75. The fourth-order valence-electron chi connectivity index (χ4n) is 8.44. The lowest BCUT2D eigenvalue weighted by Gasteiger charge is -2.20. The van der Waals surface area contributed by atoms with Crippen LogP contribution in [0.25, 0.3) is 22.0 Å². The summed E-state index contributed by atoms with van der Waals surface area (Å²) in [4.78, 5) is 44.0. The normalized spacial score (nSPS) is 18.1. The third-order valence-electron chi connectivity index (χ3n) is 11.7. The van der Waals surface area contributed by atoms with Crippen molar-refractivity contribution in [3.05, 3.63) is 130 Å². The lowest BCUT2D eigenvalue weighted by atomic mass is 10.0. The van der Waals surface area contributed by atoms with Gasteiger partial charge in [-0.05, 0) is 78.0 Å². The number of phenols is 1. The minimum absolute atomic E-state index is 0.0102. The molecule has 5 N–H and O–H groups in total. The molecule has 12 heteroatoms. The molecule has 0 radical (unpaired) electrons. The van der Waals surface area contributed by atoms with Gasteiger partial charge in [0, 0.05) is 63.3 Å². The van der Waals surface area contributed by atoms with Crippen LogP contribution in [0.5, 0.6) is 5.75 Å². The third kappa shape index (κ3) is 11.2. The number of likely N-dealkylation sites (tertiary alicyclic amines) is 1. The Morgan fingerprint density at radius 1 is 0.881 bits per heavy atom. The van der Waals surface area contributed by atoms with Crippen LogP contribution in [0.2, 0.25) is 0 Å². The smallest absolute Gasteiger partial charge is 0.411 e. The number of phenolic OH excluding ortho intramolecular Hbond substituents is 1. The first-order valence-corrected chi connectivity index (χ1v) is 20.7. The van der Waals surface area contributed by atoms with Gasteiger partial charge in [0.1, 0.15) is 11.9 Å². The minimum atomic E-state index is -0.861. The van der Waals surface area contributed by atoms with Crippen LogP contribution in [0, 0.1) is 11.8 Å². The van der Waals surface area contributed by atoms with E-state index in [1.165, 1.54) is 23.3 Å². The Bertz CT molecular complexity index is 2220. The second-order valence-corrected chi connectivity index (χ2v) is 15.8. The number of ether oxygens (including phenoxy) is 2. The number of nitrogens with one attached hydrogen (secondary N) is 3. The van der Waals surface area contributed by atoms with E-state index in [4.69, 9.17) is 9.47 Å². The molecule has 1 saturated carbocycles. The minimum Gasteiger partial charge on any atom is -0.506 e. The summed E-state index contributed by atoms with van der Waals surface area (Å²) >= 11 is 0. The van der Waals surface area contributed by atoms with E-state index in [1.807, 2.05) is 54.6 Å². The van der Waals surface area contributed by atoms with E-state index in [2.05, 4.69) is 44.8 Å². The van der Waals surface area contributed by atoms with Crippen molar-refractivity contribution in [1.29, 1.82) is 0 Å². The number of carbonyl (C=O) groups excluding carboxylic acids is 2. The van der Waals surface area contributed by atoms with Crippen LogP contribution in [0.15, 0.2) is 108 Å². The average Bonchev–Trinajstić information content (AvgIpc) is 3.80. The lowest BCUT2D eigenvalue weighted by molar-refractivity contribution is -0.131. The van der Waals surface area contributed by atoms with Gasteiger partial charge in [0.2, 0.25) is 11.5 Å². The highest BCUT2D eigenvalue weighted by Crippen LogP contribution is 2.40. The maximum atomic E-state index is 12.9. The molecule has 2 amide bonds. The van der Waals surface area contributed by atoms with Crippen molar-refractivity contribution in [3.63, 3.8) is 0 Å². The van der Waals surface area contributed by atoms with E-state index < -0.39 is 6.10 Å². The zero-order valence-corrected chi connectivity index (χ0v) is 33.6. The molecule has 2 aliphatic rings. The number of rotatable bonds is 18. The maximum Gasteiger partial charge on any atom is 0.411 e. The topological polar surface area (TPSA) is 156 Å². The predicted octanol–water partition coefficient (Wildman–Crippen LogP) is 6.13. The summed E-state index contributed by atoms with van der Waals surface area (Å²) in [5, 5.41) is 27.6. The Morgan fingerprint density at radius 3 is 2.36 bits per heavy atom. The number of benzene rings is 4. The van der Waals surface area contributed by atoms with Gasteiger partial charge in [-0.3, -0.25) is 14.9 Å². The number of anilines is 1. The average molecular weight is 802 g/mol. The summed E-state index contributed by atoms with van der Waals surface area (Å²) in [6.07, 6.45) is 2.59. The molecule has 4 aromatic carbocycles. The molecule has 1 aliphatic heterocycles. The molecule has 310 valence electrons. The molecular formula is C47H55N5O7. The fourth-order valence-corrected chi connectivity index (χ4v) is 8.44. The number of aliphatic hydroxyl groups excluding tert-OH is 1. The van der Waals surface area contributed by atoms with E-state index >= 15 is 0 Å². The van der Waals surface area contributed by atoms with Gasteiger partial charge in [0.05, 0.1) is 36.9 Å². The summed E-state index contributed by atoms with van der Waals surface area (Å²) in [6, 6.07) is 32.6. The second kappa shape index (κ2) is 20.0. The molecule has 1 aromatic heterocycles. The molecule has 1 unspecified atom stereocenters. The molecule has 12 nitrogen and oxygen atoms in total. The van der Waals surface area contributed by atoms with E-state index in [0.29, 0.717) is 61.0 Å². The maximum absolute atomic E-state index is 12.9. The van der Waals surface area contributed by atoms with Crippen molar-refractivity contribution in [2.24, 2.45) is 11.8 Å². The van der Waals surface area contributed by atoms with Gasteiger partial charge >= 0.3 is 6.09 Å². The first kappa shape index (κ1) is 41.6. The van der Waals surface area contributed by atoms with Crippen LogP contribution >= 0.6 is 0 Å². The zero-order chi connectivity index (χ0) is 41.1. The summed E-state index contributed by atoms with van der Waals surface area (Å²) < 4.78 is 11.7. The fraction of sp³-hybridized carbons (Fsp3) is 0.383. The Balaban J connectivity index is 0.730. The molecule has 1 aliphatic carbocycles. The number of aromatic amines is 1. The van der Waals surface area contributed by atoms with Gasteiger partial charge < -0.3 is 39.8 Å². The van der Waals surface area contributed by atoms with Crippen LogP contribution in [0.1, 0.15) is 42.1 Å². The summed E-state index contributed by atoms with van der Waals surface area (Å²) in [5.41, 5.74) is 5.84. The standard InChI is InChI=1S/C47H55N5O7/c1-51(24-22-48-29-43(54)39-15-17-42(53)46-40(39)16-18-44(55)50-46)45(56)21-26-58-25-20-33-13-11-32(12-14-33)19-23-52-30-35-27-37(28-36(35)31-52)59-47(57)49-41-10-6-5-9-38(41)34-7-3-2-4-8-34/h2-18,35-37,43,48,53-54H,19-31H2,1H3,(H,49,57)(H,50,55)/t35-,36+,37?,43-/m0/s1. The predicted molar refractivity (Wildman–Crippen MR) is 229 cm³/mol. The number of likely N-dealkylation sites (N-methyl/N-ethyl adjacent to an activating group) is 1. The zero-order valence-electron chi connectivity index (χ0n) is 33.6. The SMILES string of the molecule is CN(CCNC[C@H](O)c1ccc(O)c2[nH]c(=O)ccc12)C(=O)CCOCCc1ccc(CCN2C[C@H]3CC(OC(=O)Nc4ccccc4-c4ccccc4)C[C@H]3C2)cc1. The van der Waals surface area contributed by atoms with Gasteiger partial charge in [-0.2, -0.15) is 0 Å². The number of hydrogen-bond donors (Lipinski definition) is 5. The van der Waals surface area contributed by atoms with Crippen LogP contribution in [0.3, 0.4) is 0 Å².